The molecule has 1 heterocycles. The normalized spacial score (nSPS) is 13.0. The highest BCUT2D eigenvalue weighted by molar-refractivity contribution is 5.36. The van der Waals surface area contributed by atoms with Crippen molar-refractivity contribution in [1.82, 2.24) is 9.55 Å². The Morgan fingerprint density at radius 1 is 1.12 bits per heavy atom. The van der Waals surface area contributed by atoms with Crippen molar-refractivity contribution in [3.63, 3.8) is 0 Å². The molecular weight excluding hydrogens is 210 g/mol. The Labute approximate surface area is 102 Å². The molecule has 0 amide bonds. The summed E-state index contributed by atoms with van der Waals surface area (Å²) < 4.78 is 2.00. The summed E-state index contributed by atoms with van der Waals surface area (Å²) in [7, 11) is 0. The SMILES string of the molecule is CC(C)c1ccc(-n2cnc(C(C)N)c2)cc1. The minimum absolute atomic E-state index is 0.0220. The van der Waals surface area contributed by atoms with E-state index in [1.807, 2.05) is 24.0 Å². The quantitative estimate of drug-likeness (QED) is 0.879. The van der Waals surface area contributed by atoms with E-state index in [0.717, 1.165) is 11.4 Å². The van der Waals surface area contributed by atoms with Gasteiger partial charge >= 0.3 is 0 Å². The van der Waals surface area contributed by atoms with E-state index in [9.17, 15) is 0 Å². The lowest BCUT2D eigenvalue weighted by Crippen LogP contribution is -2.04. The van der Waals surface area contributed by atoms with Crippen LogP contribution in [0.25, 0.3) is 5.69 Å². The smallest absolute Gasteiger partial charge is 0.0995 e. The minimum atomic E-state index is -0.0220. The van der Waals surface area contributed by atoms with Crippen LogP contribution in [0.2, 0.25) is 0 Å². The van der Waals surface area contributed by atoms with Crippen molar-refractivity contribution >= 4 is 0 Å². The van der Waals surface area contributed by atoms with Crippen molar-refractivity contribution < 1.29 is 0 Å². The van der Waals surface area contributed by atoms with Crippen molar-refractivity contribution in [2.75, 3.05) is 0 Å². The summed E-state index contributed by atoms with van der Waals surface area (Å²) in [6, 6.07) is 8.52. The van der Waals surface area contributed by atoms with Gasteiger partial charge in [0.2, 0.25) is 0 Å². The molecule has 90 valence electrons. The summed E-state index contributed by atoms with van der Waals surface area (Å²) in [5.41, 5.74) is 9.18. The molecule has 3 nitrogen and oxygen atoms in total. The zero-order valence-electron chi connectivity index (χ0n) is 10.6. The van der Waals surface area contributed by atoms with Crippen molar-refractivity contribution in [2.24, 2.45) is 5.73 Å². The van der Waals surface area contributed by atoms with Gasteiger partial charge in [-0.05, 0) is 30.5 Å². The van der Waals surface area contributed by atoms with Crippen LogP contribution < -0.4 is 5.73 Å². The number of benzene rings is 1. The zero-order valence-corrected chi connectivity index (χ0v) is 10.6. The maximum atomic E-state index is 5.79. The first-order valence-corrected chi connectivity index (χ1v) is 5.97. The van der Waals surface area contributed by atoms with E-state index in [1.165, 1.54) is 5.56 Å². The fraction of sp³-hybridized carbons (Fsp3) is 0.357. The third-order valence-electron chi connectivity index (χ3n) is 2.93. The average Bonchev–Trinajstić information content (AvgIpc) is 2.78. The standard InChI is InChI=1S/C14H19N3/c1-10(2)12-4-6-13(7-5-12)17-8-14(11(3)15)16-9-17/h4-11H,15H2,1-3H3. The van der Waals surface area contributed by atoms with Gasteiger partial charge in [-0.1, -0.05) is 26.0 Å². The molecule has 17 heavy (non-hydrogen) atoms. The van der Waals surface area contributed by atoms with E-state index in [2.05, 4.69) is 43.1 Å². The van der Waals surface area contributed by atoms with E-state index in [0.29, 0.717) is 5.92 Å². The topological polar surface area (TPSA) is 43.8 Å². The lowest BCUT2D eigenvalue weighted by atomic mass is 10.0. The van der Waals surface area contributed by atoms with Crippen molar-refractivity contribution in [3.05, 3.63) is 48.0 Å². The van der Waals surface area contributed by atoms with Gasteiger partial charge in [0, 0.05) is 17.9 Å². The Hall–Kier alpha value is -1.61. The van der Waals surface area contributed by atoms with Crippen LogP contribution in [0, 0.1) is 0 Å². The molecule has 1 aromatic carbocycles. The Morgan fingerprint density at radius 2 is 1.76 bits per heavy atom. The van der Waals surface area contributed by atoms with Gasteiger partial charge in [-0.3, -0.25) is 0 Å². The predicted octanol–water partition coefficient (Wildman–Crippen LogP) is 3.02. The largest absolute Gasteiger partial charge is 0.323 e. The summed E-state index contributed by atoms with van der Waals surface area (Å²) >= 11 is 0. The van der Waals surface area contributed by atoms with Gasteiger partial charge in [-0.25, -0.2) is 4.98 Å². The van der Waals surface area contributed by atoms with Gasteiger partial charge in [0.15, 0.2) is 0 Å². The summed E-state index contributed by atoms with van der Waals surface area (Å²) in [4.78, 5) is 4.29. The van der Waals surface area contributed by atoms with Gasteiger partial charge in [-0.15, -0.1) is 0 Å². The van der Waals surface area contributed by atoms with Crippen LogP contribution >= 0.6 is 0 Å². The predicted molar refractivity (Wildman–Crippen MR) is 70.3 cm³/mol. The molecule has 3 heteroatoms. The molecule has 2 N–H and O–H groups in total. The molecule has 0 aliphatic rings. The van der Waals surface area contributed by atoms with Crippen molar-refractivity contribution in [3.8, 4) is 5.69 Å². The molecule has 0 saturated heterocycles. The molecule has 0 bridgehead atoms. The molecule has 0 radical (unpaired) electrons. The average molecular weight is 229 g/mol. The van der Waals surface area contributed by atoms with E-state index < -0.39 is 0 Å². The number of rotatable bonds is 3. The van der Waals surface area contributed by atoms with Crippen molar-refractivity contribution in [1.29, 1.82) is 0 Å². The molecule has 1 aromatic heterocycles. The zero-order chi connectivity index (χ0) is 12.4. The van der Waals surface area contributed by atoms with E-state index in [4.69, 9.17) is 5.73 Å². The van der Waals surface area contributed by atoms with Gasteiger partial charge in [0.25, 0.3) is 0 Å². The van der Waals surface area contributed by atoms with Crippen molar-refractivity contribution in [2.45, 2.75) is 32.7 Å². The molecule has 0 fully saturated rings. The maximum Gasteiger partial charge on any atom is 0.0995 e. The van der Waals surface area contributed by atoms with E-state index in [1.54, 1.807) is 0 Å². The van der Waals surface area contributed by atoms with E-state index in [-0.39, 0.29) is 6.04 Å². The van der Waals surface area contributed by atoms with Gasteiger partial charge in [-0.2, -0.15) is 0 Å². The lowest BCUT2D eigenvalue weighted by molar-refractivity contribution is 0.788. The number of hydrogen-bond acceptors (Lipinski definition) is 2. The van der Waals surface area contributed by atoms with Crippen LogP contribution in [-0.4, -0.2) is 9.55 Å². The molecule has 1 unspecified atom stereocenters. The third-order valence-corrected chi connectivity index (χ3v) is 2.93. The summed E-state index contributed by atoms with van der Waals surface area (Å²) in [5.74, 6) is 0.562. The molecule has 0 aliphatic heterocycles. The molecule has 2 rings (SSSR count). The lowest BCUT2D eigenvalue weighted by Gasteiger charge is -2.07. The summed E-state index contributed by atoms with van der Waals surface area (Å²) in [5, 5.41) is 0. The monoisotopic (exact) mass is 229 g/mol. The Balaban J connectivity index is 2.27. The second-order valence-corrected chi connectivity index (χ2v) is 4.74. The Morgan fingerprint density at radius 3 is 2.24 bits per heavy atom. The van der Waals surface area contributed by atoms with Crippen LogP contribution in [0.3, 0.4) is 0 Å². The molecule has 0 saturated carbocycles. The van der Waals surface area contributed by atoms with E-state index >= 15 is 0 Å². The number of nitrogens with two attached hydrogens (primary N) is 1. The van der Waals surface area contributed by atoms with Crippen LogP contribution in [0.1, 0.15) is 44.0 Å². The molecule has 0 aliphatic carbocycles. The van der Waals surface area contributed by atoms with Gasteiger partial charge in [0.05, 0.1) is 12.0 Å². The van der Waals surface area contributed by atoms with Gasteiger partial charge < -0.3 is 10.3 Å². The maximum absolute atomic E-state index is 5.79. The first-order valence-electron chi connectivity index (χ1n) is 5.97. The highest BCUT2D eigenvalue weighted by Crippen LogP contribution is 2.17. The number of imidazole rings is 1. The number of hydrogen-bond donors (Lipinski definition) is 1. The van der Waals surface area contributed by atoms with Gasteiger partial charge in [0.1, 0.15) is 0 Å². The third kappa shape index (κ3) is 2.56. The summed E-state index contributed by atoms with van der Waals surface area (Å²) in [6.45, 7) is 6.33. The molecular formula is C14H19N3. The fourth-order valence-corrected chi connectivity index (χ4v) is 1.75. The molecule has 0 spiro atoms. The van der Waals surface area contributed by atoms with Crippen LogP contribution in [0.15, 0.2) is 36.8 Å². The highest BCUT2D eigenvalue weighted by Gasteiger charge is 2.05. The molecule has 1 atom stereocenters. The Bertz CT molecular complexity index is 480. The first kappa shape index (κ1) is 11.9. The second-order valence-electron chi connectivity index (χ2n) is 4.74. The Kier molecular flexibility index (Phi) is 3.29. The fourth-order valence-electron chi connectivity index (χ4n) is 1.75. The van der Waals surface area contributed by atoms with Crippen LogP contribution in [-0.2, 0) is 0 Å². The summed E-state index contributed by atoms with van der Waals surface area (Å²) in [6.07, 6.45) is 3.79. The molecule has 2 aromatic rings. The highest BCUT2D eigenvalue weighted by atomic mass is 15.0. The minimum Gasteiger partial charge on any atom is -0.323 e. The first-order chi connectivity index (χ1) is 8.08. The van der Waals surface area contributed by atoms with Crippen LogP contribution in [0.4, 0.5) is 0 Å². The second kappa shape index (κ2) is 4.72. The van der Waals surface area contributed by atoms with Crippen LogP contribution in [0.5, 0.6) is 0 Å². The number of aromatic nitrogens is 2. The number of nitrogens with zero attached hydrogens (tertiary/aromatic N) is 2.